The van der Waals surface area contributed by atoms with Crippen molar-refractivity contribution in [3.63, 3.8) is 0 Å². The average molecular weight is 242 g/mol. The molecule has 3 N–H and O–H groups in total. The number of aromatic nitrogens is 5. The molecule has 0 atom stereocenters. The van der Waals surface area contributed by atoms with Crippen LogP contribution in [0.1, 0.15) is 17.0 Å². The van der Waals surface area contributed by atoms with Gasteiger partial charge in [-0.15, -0.1) is 0 Å². The smallest absolute Gasteiger partial charge is 0.142 e. The Kier molecular flexibility index (Phi) is 2.47. The predicted molar refractivity (Wildman–Crippen MR) is 69.3 cm³/mol. The molecule has 92 valence electrons. The Morgan fingerprint density at radius 3 is 2.94 bits per heavy atom. The summed E-state index contributed by atoms with van der Waals surface area (Å²) in [5, 5.41) is 11.5. The number of hydrogen-bond acceptors (Lipinski definition) is 4. The fraction of sp³-hybridized carbons (Fsp3) is 0.250. The number of nitrogens with one attached hydrogen (secondary N) is 3. The summed E-state index contributed by atoms with van der Waals surface area (Å²) in [5.74, 6) is 0.821. The molecule has 6 nitrogen and oxygen atoms in total. The topological polar surface area (TPSA) is 82.3 Å². The second kappa shape index (κ2) is 4.14. The number of aromatic amines is 2. The van der Waals surface area contributed by atoms with Crippen LogP contribution < -0.4 is 5.32 Å². The second-order valence-corrected chi connectivity index (χ2v) is 4.24. The van der Waals surface area contributed by atoms with Crippen molar-refractivity contribution >= 4 is 16.9 Å². The molecule has 0 saturated heterocycles. The number of fused-ring (bicyclic) bond motifs is 1. The maximum Gasteiger partial charge on any atom is 0.142 e. The summed E-state index contributed by atoms with van der Waals surface area (Å²) in [7, 11) is 0. The van der Waals surface area contributed by atoms with E-state index in [2.05, 4.69) is 37.4 Å². The zero-order valence-corrected chi connectivity index (χ0v) is 10.3. The molecule has 0 radical (unpaired) electrons. The number of H-pyrrole nitrogens is 2. The van der Waals surface area contributed by atoms with E-state index in [1.165, 1.54) is 5.56 Å². The quantitative estimate of drug-likeness (QED) is 0.655. The van der Waals surface area contributed by atoms with Crippen molar-refractivity contribution in [2.75, 3.05) is 5.32 Å². The third-order valence-corrected chi connectivity index (χ3v) is 3.13. The third-order valence-electron chi connectivity index (χ3n) is 3.13. The van der Waals surface area contributed by atoms with Gasteiger partial charge in [-0.25, -0.2) is 9.97 Å². The highest BCUT2D eigenvalue weighted by Crippen LogP contribution is 2.18. The predicted octanol–water partition coefficient (Wildman–Crippen LogP) is 1.91. The lowest BCUT2D eigenvalue weighted by Gasteiger charge is -2.05. The first-order valence-electron chi connectivity index (χ1n) is 5.78. The van der Waals surface area contributed by atoms with E-state index in [0.717, 1.165) is 28.2 Å². The number of anilines is 1. The summed E-state index contributed by atoms with van der Waals surface area (Å²) in [6.07, 6.45) is 3.40. The minimum absolute atomic E-state index is 0.646. The zero-order valence-electron chi connectivity index (χ0n) is 10.3. The number of rotatable bonds is 3. The van der Waals surface area contributed by atoms with E-state index in [1.807, 2.05) is 19.2 Å². The normalized spacial score (nSPS) is 11.0. The van der Waals surface area contributed by atoms with Crippen LogP contribution in [0.4, 0.5) is 5.82 Å². The molecule has 0 bridgehead atoms. The Hall–Kier alpha value is -2.37. The van der Waals surface area contributed by atoms with Crippen molar-refractivity contribution in [2.24, 2.45) is 0 Å². The van der Waals surface area contributed by atoms with Crippen LogP contribution in [0, 0.1) is 13.8 Å². The van der Waals surface area contributed by atoms with Gasteiger partial charge < -0.3 is 10.3 Å². The van der Waals surface area contributed by atoms with Gasteiger partial charge in [0, 0.05) is 11.9 Å². The number of hydrogen-bond donors (Lipinski definition) is 3. The highest BCUT2D eigenvalue weighted by molar-refractivity contribution is 5.86. The molecule has 0 aliphatic carbocycles. The summed E-state index contributed by atoms with van der Waals surface area (Å²) >= 11 is 0. The molecule has 3 aromatic rings. The molecule has 0 spiro atoms. The Morgan fingerprint density at radius 1 is 1.28 bits per heavy atom. The molecule has 0 aliphatic rings. The van der Waals surface area contributed by atoms with Crippen LogP contribution in [-0.2, 0) is 6.54 Å². The summed E-state index contributed by atoms with van der Waals surface area (Å²) in [5.41, 5.74) is 4.13. The second-order valence-electron chi connectivity index (χ2n) is 4.24. The lowest BCUT2D eigenvalue weighted by atomic mass is 10.2. The molecule has 0 fully saturated rings. The first-order valence-corrected chi connectivity index (χ1v) is 5.78. The van der Waals surface area contributed by atoms with E-state index in [0.29, 0.717) is 6.54 Å². The van der Waals surface area contributed by atoms with Gasteiger partial charge in [0.15, 0.2) is 0 Å². The maximum absolute atomic E-state index is 4.26. The average Bonchev–Trinajstić information content (AvgIpc) is 2.97. The van der Waals surface area contributed by atoms with Crippen molar-refractivity contribution < 1.29 is 0 Å². The molecule has 0 aliphatic heterocycles. The minimum Gasteiger partial charge on any atom is -0.364 e. The largest absolute Gasteiger partial charge is 0.364 e. The van der Waals surface area contributed by atoms with Crippen molar-refractivity contribution in [1.29, 1.82) is 0 Å². The van der Waals surface area contributed by atoms with Crippen molar-refractivity contribution in [2.45, 2.75) is 20.4 Å². The number of nitrogens with zero attached hydrogens (tertiary/aromatic N) is 3. The van der Waals surface area contributed by atoms with Crippen LogP contribution in [-0.4, -0.2) is 25.1 Å². The van der Waals surface area contributed by atoms with Gasteiger partial charge in [0.1, 0.15) is 17.8 Å². The lowest BCUT2D eigenvalue weighted by Crippen LogP contribution is -2.03. The van der Waals surface area contributed by atoms with E-state index >= 15 is 0 Å². The molecular formula is C12H14N6. The van der Waals surface area contributed by atoms with Crippen LogP contribution in [0.25, 0.3) is 11.0 Å². The third kappa shape index (κ3) is 1.71. The maximum atomic E-state index is 4.26. The molecule has 0 saturated carbocycles. The van der Waals surface area contributed by atoms with E-state index in [-0.39, 0.29) is 0 Å². The first kappa shape index (κ1) is 10.8. The molecule has 0 unspecified atom stereocenters. The van der Waals surface area contributed by atoms with Gasteiger partial charge in [0.2, 0.25) is 0 Å². The van der Waals surface area contributed by atoms with Gasteiger partial charge in [-0.2, -0.15) is 5.10 Å². The fourth-order valence-electron chi connectivity index (χ4n) is 1.89. The molecule has 0 amide bonds. The van der Waals surface area contributed by atoms with E-state index in [4.69, 9.17) is 0 Å². The van der Waals surface area contributed by atoms with Crippen molar-refractivity contribution in [3.8, 4) is 0 Å². The highest BCUT2D eigenvalue weighted by Gasteiger charge is 2.07. The monoisotopic (exact) mass is 242 g/mol. The molecule has 6 heteroatoms. The summed E-state index contributed by atoms with van der Waals surface area (Å²) < 4.78 is 0. The first-order chi connectivity index (χ1) is 8.75. The van der Waals surface area contributed by atoms with Crippen LogP contribution in [0.15, 0.2) is 18.6 Å². The molecule has 0 aromatic carbocycles. The summed E-state index contributed by atoms with van der Waals surface area (Å²) in [6, 6.07) is 1.96. The molecule has 18 heavy (non-hydrogen) atoms. The number of aryl methyl sites for hydroxylation is 1. The van der Waals surface area contributed by atoms with Crippen LogP contribution >= 0.6 is 0 Å². The van der Waals surface area contributed by atoms with Crippen molar-refractivity contribution in [1.82, 2.24) is 25.1 Å². The van der Waals surface area contributed by atoms with E-state index < -0.39 is 0 Å². The molecular weight excluding hydrogens is 228 g/mol. The standard InChI is InChI=1S/C12H14N6/c1-7-8(2)17-18-10(7)5-14-12-9-3-4-13-11(9)15-6-16-12/h3-4,6H,5H2,1-2H3,(H,17,18)(H2,13,14,15,16). The highest BCUT2D eigenvalue weighted by atomic mass is 15.1. The Balaban J connectivity index is 1.85. The van der Waals surface area contributed by atoms with Crippen LogP contribution in [0.5, 0.6) is 0 Å². The van der Waals surface area contributed by atoms with Crippen LogP contribution in [0.2, 0.25) is 0 Å². The summed E-state index contributed by atoms with van der Waals surface area (Å²) in [6.45, 7) is 4.72. The Morgan fingerprint density at radius 2 is 2.17 bits per heavy atom. The van der Waals surface area contributed by atoms with Crippen molar-refractivity contribution in [3.05, 3.63) is 35.5 Å². The van der Waals surface area contributed by atoms with Gasteiger partial charge in [0.25, 0.3) is 0 Å². The van der Waals surface area contributed by atoms with Gasteiger partial charge in [-0.05, 0) is 25.5 Å². The van der Waals surface area contributed by atoms with E-state index in [9.17, 15) is 0 Å². The van der Waals surface area contributed by atoms with Gasteiger partial charge >= 0.3 is 0 Å². The van der Waals surface area contributed by atoms with Gasteiger partial charge in [-0.3, -0.25) is 5.10 Å². The summed E-state index contributed by atoms with van der Waals surface area (Å²) in [4.78, 5) is 11.5. The minimum atomic E-state index is 0.646. The van der Waals surface area contributed by atoms with Crippen LogP contribution in [0.3, 0.4) is 0 Å². The van der Waals surface area contributed by atoms with E-state index in [1.54, 1.807) is 6.33 Å². The zero-order chi connectivity index (χ0) is 12.5. The lowest BCUT2D eigenvalue weighted by molar-refractivity contribution is 0.960. The molecule has 3 rings (SSSR count). The Bertz CT molecular complexity index is 681. The molecule has 3 heterocycles. The SMILES string of the molecule is Cc1[nH]nc(CNc2ncnc3[nH]ccc23)c1C. The molecule has 3 aromatic heterocycles. The Labute approximate surface area is 104 Å². The van der Waals surface area contributed by atoms with Gasteiger partial charge in [0.05, 0.1) is 17.6 Å². The fourth-order valence-corrected chi connectivity index (χ4v) is 1.89. The van der Waals surface area contributed by atoms with Gasteiger partial charge in [-0.1, -0.05) is 0 Å².